The van der Waals surface area contributed by atoms with Crippen molar-refractivity contribution >= 4 is 21.9 Å². The van der Waals surface area contributed by atoms with E-state index < -0.39 is 27.3 Å². The third kappa shape index (κ3) is 4.58. The summed E-state index contributed by atoms with van der Waals surface area (Å²) in [6.07, 6.45) is -0.386. The van der Waals surface area contributed by atoms with Gasteiger partial charge in [0.25, 0.3) is 0 Å². The molecule has 0 aromatic heterocycles. The second kappa shape index (κ2) is 8.34. The van der Waals surface area contributed by atoms with Crippen molar-refractivity contribution in [1.29, 1.82) is 0 Å². The first kappa shape index (κ1) is 21.4. The molecule has 164 valence electrons. The molecule has 1 saturated heterocycles. The van der Waals surface area contributed by atoms with E-state index in [-0.39, 0.29) is 49.8 Å². The van der Waals surface area contributed by atoms with Crippen molar-refractivity contribution in [3.63, 3.8) is 0 Å². The maximum atomic E-state index is 12.4. The van der Waals surface area contributed by atoms with E-state index in [1.807, 2.05) is 36.4 Å². The number of carboxylic acids is 1. The number of fused-ring (bicyclic) bond motifs is 3. The highest BCUT2D eigenvalue weighted by molar-refractivity contribution is 7.91. The van der Waals surface area contributed by atoms with Gasteiger partial charge in [-0.25, -0.2) is 13.2 Å². The Hall–Kier alpha value is -2.87. The van der Waals surface area contributed by atoms with Crippen molar-refractivity contribution in [2.45, 2.75) is 25.2 Å². The molecule has 0 spiro atoms. The number of sulfone groups is 1. The normalized spacial score (nSPS) is 18.6. The molecule has 1 amide bonds. The second-order valence-electron chi connectivity index (χ2n) is 8.40. The number of carboxylic acid groups (broad SMARTS) is 1. The van der Waals surface area contributed by atoms with Crippen molar-refractivity contribution in [2.75, 3.05) is 24.7 Å². The zero-order valence-corrected chi connectivity index (χ0v) is 17.9. The highest BCUT2D eigenvalue weighted by Gasteiger charge is 2.39. The van der Waals surface area contributed by atoms with Gasteiger partial charge in [0.05, 0.1) is 17.9 Å². The molecule has 0 bridgehead atoms. The first-order valence-electron chi connectivity index (χ1n) is 10.3. The van der Waals surface area contributed by atoms with E-state index in [0.29, 0.717) is 0 Å². The number of carbonyl (C=O) groups is 2. The summed E-state index contributed by atoms with van der Waals surface area (Å²) in [7, 11) is -3.14. The van der Waals surface area contributed by atoms with Crippen LogP contribution in [0.4, 0.5) is 4.79 Å². The van der Waals surface area contributed by atoms with Gasteiger partial charge in [0, 0.05) is 17.9 Å². The van der Waals surface area contributed by atoms with Crippen molar-refractivity contribution < 1.29 is 27.9 Å². The van der Waals surface area contributed by atoms with Crippen LogP contribution in [0.15, 0.2) is 48.5 Å². The fraction of sp³-hybridized carbons (Fsp3) is 0.391. The number of alkyl carbamates (subject to hydrolysis) is 1. The zero-order valence-electron chi connectivity index (χ0n) is 17.0. The molecule has 8 heteroatoms. The fourth-order valence-corrected chi connectivity index (χ4v) is 6.31. The highest BCUT2D eigenvalue weighted by Crippen LogP contribution is 2.44. The predicted octanol–water partition coefficient (Wildman–Crippen LogP) is 3.19. The molecule has 1 heterocycles. The predicted molar refractivity (Wildman–Crippen MR) is 116 cm³/mol. The van der Waals surface area contributed by atoms with Gasteiger partial charge in [-0.15, -0.1) is 0 Å². The molecule has 2 aromatic carbocycles. The number of hydrogen-bond acceptors (Lipinski definition) is 5. The quantitative estimate of drug-likeness (QED) is 0.710. The number of carbonyl (C=O) groups excluding carboxylic acids is 1. The zero-order chi connectivity index (χ0) is 22.1. The summed E-state index contributed by atoms with van der Waals surface area (Å²) in [5.74, 6) is -1.20. The minimum absolute atomic E-state index is 0.0628. The van der Waals surface area contributed by atoms with E-state index in [9.17, 15) is 23.1 Å². The molecule has 0 atom stereocenters. The molecule has 7 nitrogen and oxygen atoms in total. The van der Waals surface area contributed by atoms with Crippen LogP contribution in [0.25, 0.3) is 11.1 Å². The first-order valence-corrected chi connectivity index (χ1v) is 12.1. The molecule has 31 heavy (non-hydrogen) atoms. The van der Waals surface area contributed by atoms with E-state index in [2.05, 4.69) is 17.4 Å². The summed E-state index contributed by atoms with van der Waals surface area (Å²) in [6, 6.07) is 16.1. The summed E-state index contributed by atoms with van der Waals surface area (Å²) >= 11 is 0. The van der Waals surface area contributed by atoms with Crippen molar-refractivity contribution in [3.8, 4) is 11.1 Å². The number of ether oxygens (including phenoxy) is 1. The van der Waals surface area contributed by atoms with Crippen LogP contribution in [0.3, 0.4) is 0 Å². The first-order chi connectivity index (χ1) is 14.8. The fourth-order valence-electron chi connectivity index (χ4n) is 4.62. The van der Waals surface area contributed by atoms with Crippen molar-refractivity contribution in [3.05, 3.63) is 59.7 Å². The Labute approximate surface area is 181 Å². The van der Waals surface area contributed by atoms with E-state index >= 15 is 0 Å². The average Bonchev–Trinajstić information content (AvgIpc) is 3.06. The average molecular weight is 444 g/mol. The van der Waals surface area contributed by atoms with Gasteiger partial charge < -0.3 is 15.2 Å². The number of nitrogens with one attached hydrogen (secondary N) is 1. The number of hydrogen-bond donors (Lipinski definition) is 2. The highest BCUT2D eigenvalue weighted by atomic mass is 32.2. The number of amides is 1. The van der Waals surface area contributed by atoms with Crippen LogP contribution in [0.1, 0.15) is 36.3 Å². The number of benzene rings is 2. The Balaban J connectivity index is 1.40. The van der Waals surface area contributed by atoms with Crippen LogP contribution < -0.4 is 5.32 Å². The number of rotatable bonds is 6. The molecule has 1 aliphatic heterocycles. The van der Waals surface area contributed by atoms with Crippen LogP contribution in [0.2, 0.25) is 0 Å². The summed E-state index contributed by atoms with van der Waals surface area (Å²) in [5.41, 5.74) is 3.71. The van der Waals surface area contributed by atoms with Gasteiger partial charge in [-0.05, 0) is 35.1 Å². The molecular formula is C23H25NO6S. The molecule has 2 aromatic rings. The summed E-state index contributed by atoms with van der Waals surface area (Å²) in [6.45, 7) is 0.242. The lowest BCUT2D eigenvalue weighted by atomic mass is 9.78. The minimum atomic E-state index is -3.14. The third-order valence-corrected chi connectivity index (χ3v) is 8.02. The van der Waals surface area contributed by atoms with Gasteiger partial charge in [0.1, 0.15) is 16.4 Å². The van der Waals surface area contributed by atoms with E-state index in [1.165, 1.54) is 0 Å². The molecule has 1 aliphatic carbocycles. The second-order valence-corrected chi connectivity index (χ2v) is 10.7. The maximum absolute atomic E-state index is 12.4. The summed E-state index contributed by atoms with van der Waals surface area (Å²) in [4.78, 5) is 23.7. The van der Waals surface area contributed by atoms with E-state index in [0.717, 1.165) is 22.3 Å². The molecule has 0 unspecified atom stereocenters. The third-order valence-electron chi connectivity index (χ3n) is 6.36. The standard InChI is InChI=1S/C23H25NO6S/c25-21(26)13-23(9-11-31(28,29)12-10-23)15-24-22(27)30-14-20-18-7-3-1-5-16(18)17-6-2-4-8-19(17)20/h1-8,20H,9-15H2,(H,24,27)(H,25,26). The summed E-state index contributed by atoms with van der Waals surface area (Å²) < 4.78 is 29.0. The Kier molecular flexibility index (Phi) is 5.75. The molecule has 1 fully saturated rings. The lowest BCUT2D eigenvalue weighted by Gasteiger charge is -2.35. The Morgan fingerprint density at radius 2 is 1.55 bits per heavy atom. The molecule has 0 radical (unpaired) electrons. The Morgan fingerprint density at radius 3 is 2.10 bits per heavy atom. The molecule has 4 rings (SSSR count). The lowest BCUT2D eigenvalue weighted by Crippen LogP contribution is -2.44. The molecule has 2 N–H and O–H groups in total. The molecule has 0 saturated carbocycles. The monoisotopic (exact) mass is 443 g/mol. The summed E-state index contributed by atoms with van der Waals surface area (Å²) in [5, 5.41) is 11.9. The van der Waals surface area contributed by atoms with Gasteiger partial charge in [0.2, 0.25) is 0 Å². The maximum Gasteiger partial charge on any atom is 0.407 e. The van der Waals surface area contributed by atoms with Gasteiger partial charge >= 0.3 is 12.1 Å². The van der Waals surface area contributed by atoms with Crippen molar-refractivity contribution in [1.82, 2.24) is 5.32 Å². The molecular weight excluding hydrogens is 418 g/mol. The smallest absolute Gasteiger partial charge is 0.407 e. The van der Waals surface area contributed by atoms with Gasteiger partial charge in [0.15, 0.2) is 0 Å². The number of aliphatic carboxylic acids is 1. The molecule has 2 aliphatic rings. The van der Waals surface area contributed by atoms with E-state index in [1.54, 1.807) is 0 Å². The Morgan fingerprint density at radius 1 is 1.00 bits per heavy atom. The van der Waals surface area contributed by atoms with Gasteiger partial charge in [-0.2, -0.15) is 0 Å². The van der Waals surface area contributed by atoms with Crippen molar-refractivity contribution in [2.24, 2.45) is 5.41 Å². The van der Waals surface area contributed by atoms with Gasteiger partial charge in [-0.1, -0.05) is 48.5 Å². The van der Waals surface area contributed by atoms with Crippen LogP contribution in [0.5, 0.6) is 0 Å². The lowest BCUT2D eigenvalue weighted by molar-refractivity contribution is -0.139. The van der Waals surface area contributed by atoms with Crippen LogP contribution in [0, 0.1) is 5.41 Å². The van der Waals surface area contributed by atoms with Crippen LogP contribution in [-0.4, -0.2) is 50.2 Å². The minimum Gasteiger partial charge on any atom is -0.481 e. The van der Waals surface area contributed by atoms with E-state index in [4.69, 9.17) is 4.74 Å². The van der Waals surface area contributed by atoms with Crippen LogP contribution in [-0.2, 0) is 19.4 Å². The largest absolute Gasteiger partial charge is 0.481 e. The SMILES string of the molecule is O=C(O)CC1(CNC(=O)OCC2c3ccccc3-c3ccccc32)CCS(=O)(=O)CC1. The van der Waals surface area contributed by atoms with Crippen LogP contribution >= 0.6 is 0 Å². The Bertz CT molecular complexity index is 1050. The van der Waals surface area contributed by atoms with Gasteiger partial charge in [-0.3, -0.25) is 4.79 Å². The topological polar surface area (TPSA) is 110 Å².